The molecule has 2 rings (SSSR count). The molecule has 1 atom stereocenters. The number of carbonyl (C=O) groups excluding carboxylic acids is 1. The van der Waals surface area contributed by atoms with Gasteiger partial charge >= 0.3 is 0 Å². The third-order valence-electron chi connectivity index (χ3n) is 4.33. The van der Waals surface area contributed by atoms with E-state index >= 15 is 0 Å². The van der Waals surface area contributed by atoms with Crippen molar-refractivity contribution in [2.45, 2.75) is 39.2 Å². The highest BCUT2D eigenvalue weighted by Crippen LogP contribution is 2.19. The van der Waals surface area contributed by atoms with Gasteiger partial charge in [-0.15, -0.1) is 0 Å². The number of anilines is 1. The number of nitrogens with zero attached hydrogens (tertiary/aromatic N) is 4. The van der Waals surface area contributed by atoms with Crippen LogP contribution in [0.2, 0.25) is 0 Å². The van der Waals surface area contributed by atoms with Crippen LogP contribution < -0.4 is 4.90 Å². The molecule has 1 aliphatic rings. The third-order valence-corrected chi connectivity index (χ3v) is 6.08. The predicted molar refractivity (Wildman–Crippen MR) is 94.1 cm³/mol. The molecule has 1 amide bonds. The molecule has 0 spiro atoms. The van der Waals surface area contributed by atoms with Crippen LogP contribution in [0.3, 0.4) is 0 Å². The Labute approximate surface area is 144 Å². The van der Waals surface area contributed by atoms with E-state index in [1.54, 1.807) is 13.1 Å². The Morgan fingerprint density at radius 2 is 2.04 bits per heavy atom. The smallest absolute Gasteiger partial charge is 0.272 e. The number of sulfone groups is 1. The molecule has 0 N–H and O–H groups in total. The first-order valence-corrected chi connectivity index (χ1v) is 10.1. The van der Waals surface area contributed by atoms with Crippen molar-refractivity contribution < 1.29 is 13.2 Å². The molecule has 8 heteroatoms. The zero-order valence-electron chi connectivity index (χ0n) is 14.8. The molecule has 0 aliphatic carbocycles. The fourth-order valence-electron chi connectivity index (χ4n) is 2.76. The van der Waals surface area contributed by atoms with Crippen LogP contribution in [0.4, 0.5) is 5.95 Å². The van der Waals surface area contributed by atoms with Crippen LogP contribution in [0, 0.1) is 6.92 Å². The summed E-state index contributed by atoms with van der Waals surface area (Å²) in [6, 6.07) is 1.37. The van der Waals surface area contributed by atoms with Crippen molar-refractivity contribution in [3.63, 3.8) is 0 Å². The minimum Gasteiger partial charge on any atom is -0.344 e. The van der Waals surface area contributed by atoms with E-state index in [4.69, 9.17) is 0 Å². The molecule has 7 nitrogen and oxygen atoms in total. The highest BCUT2D eigenvalue weighted by molar-refractivity contribution is 7.91. The molecule has 0 saturated carbocycles. The molecule has 1 unspecified atom stereocenters. The Bertz CT molecular complexity index is 705. The molecule has 1 aromatic rings. The Kier molecular flexibility index (Phi) is 5.79. The second-order valence-electron chi connectivity index (χ2n) is 6.44. The quantitative estimate of drug-likeness (QED) is 0.765. The van der Waals surface area contributed by atoms with Crippen molar-refractivity contribution in [2.24, 2.45) is 0 Å². The summed E-state index contributed by atoms with van der Waals surface area (Å²) in [5.41, 5.74) is 1.03. The van der Waals surface area contributed by atoms with Crippen LogP contribution in [0.1, 0.15) is 42.4 Å². The molecular weight excluding hydrogens is 328 g/mol. The number of hydrogen-bond donors (Lipinski definition) is 0. The van der Waals surface area contributed by atoms with Crippen LogP contribution in [0.15, 0.2) is 6.07 Å². The van der Waals surface area contributed by atoms with Crippen molar-refractivity contribution in [3.8, 4) is 0 Å². The molecule has 24 heavy (non-hydrogen) atoms. The van der Waals surface area contributed by atoms with E-state index in [1.807, 2.05) is 18.9 Å². The summed E-state index contributed by atoms with van der Waals surface area (Å²) < 4.78 is 23.3. The number of hydrogen-bond acceptors (Lipinski definition) is 6. The van der Waals surface area contributed by atoms with Gasteiger partial charge in [-0.1, -0.05) is 13.3 Å². The second kappa shape index (κ2) is 7.46. The van der Waals surface area contributed by atoms with E-state index in [-0.39, 0.29) is 23.5 Å². The van der Waals surface area contributed by atoms with Gasteiger partial charge < -0.3 is 9.80 Å². The lowest BCUT2D eigenvalue weighted by atomic mass is 10.2. The molecular formula is C16H26N4O3S. The fourth-order valence-corrected chi connectivity index (χ4v) is 4.53. The predicted octanol–water partition coefficient (Wildman–Crippen LogP) is 1.28. The summed E-state index contributed by atoms with van der Waals surface area (Å²) >= 11 is 0. The largest absolute Gasteiger partial charge is 0.344 e. The van der Waals surface area contributed by atoms with Gasteiger partial charge in [0, 0.05) is 32.4 Å². The van der Waals surface area contributed by atoms with Crippen molar-refractivity contribution in [1.29, 1.82) is 0 Å². The number of unbranched alkanes of at least 4 members (excludes halogenated alkanes) is 1. The van der Waals surface area contributed by atoms with Crippen molar-refractivity contribution >= 4 is 21.7 Å². The average molecular weight is 354 g/mol. The summed E-state index contributed by atoms with van der Waals surface area (Å²) in [4.78, 5) is 24.9. The number of aromatic nitrogens is 2. The first kappa shape index (κ1) is 18.6. The molecule has 1 saturated heterocycles. The second-order valence-corrected chi connectivity index (χ2v) is 8.67. The van der Waals surface area contributed by atoms with E-state index in [1.165, 1.54) is 4.90 Å². The van der Waals surface area contributed by atoms with Crippen LogP contribution in [-0.2, 0) is 9.84 Å². The van der Waals surface area contributed by atoms with Gasteiger partial charge in [-0.25, -0.2) is 18.4 Å². The fraction of sp³-hybridized carbons (Fsp3) is 0.688. The van der Waals surface area contributed by atoms with Crippen LogP contribution in [-0.4, -0.2) is 67.4 Å². The maximum atomic E-state index is 12.7. The lowest BCUT2D eigenvalue weighted by Gasteiger charge is -2.24. The first-order chi connectivity index (χ1) is 11.2. The molecule has 0 bridgehead atoms. The SMILES string of the molecule is CCCCN(C)c1nc(C)cc(C(=O)N(C)C2CCS(=O)(=O)C2)n1. The normalized spacial score (nSPS) is 19.2. The monoisotopic (exact) mass is 354 g/mol. The molecule has 1 aromatic heterocycles. The number of amides is 1. The maximum Gasteiger partial charge on any atom is 0.272 e. The topological polar surface area (TPSA) is 83.5 Å². The van der Waals surface area contributed by atoms with Gasteiger partial charge in [-0.2, -0.15) is 0 Å². The van der Waals surface area contributed by atoms with Crippen molar-refractivity contribution in [1.82, 2.24) is 14.9 Å². The third kappa shape index (κ3) is 4.43. The summed E-state index contributed by atoms with van der Waals surface area (Å²) in [5.74, 6) is 0.443. The van der Waals surface area contributed by atoms with Gasteiger partial charge in [0.2, 0.25) is 5.95 Å². The molecule has 0 aromatic carbocycles. The Balaban J connectivity index is 2.18. The molecule has 2 heterocycles. The lowest BCUT2D eigenvalue weighted by Crippen LogP contribution is -2.38. The van der Waals surface area contributed by atoms with Gasteiger partial charge in [0.05, 0.1) is 11.5 Å². The van der Waals surface area contributed by atoms with E-state index in [0.717, 1.165) is 25.1 Å². The van der Waals surface area contributed by atoms with Gasteiger partial charge in [-0.3, -0.25) is 4.79 Å². The van der Waals surface area contributed by atoms with Crippen LogP contribution in [0.5, 0.6) is 0 Å². The summed E-state index contributed by atoms with van der Waals surface area (Å²) in [6.07, 6.45) is 2.58. The minimum atomic E-state index is -3.03. The number of rotatable bonds is 6. The zero-order valence-corrected chi connectivity index (χ0v) is 15.6. The van der Waals surface area contributed by atoms with Crippen LogP contribution >= 0.6 is 0 Å². The van der Waals surface area contributed by atoms with E-state index < -0.39 is 9.84 Å². The molecule has 0 radical (unpaired) electrons. The standard InChI is InChI=1S/C16H26N4O3S/c1-5-6-8-19(3)16-17-12(2)10-14(18-16)15(21)20(4)13-7-9-24(22,23)11-13/h10,13H,5-9,11H2,1-4H3. The Morgan fingerprint density at radius 1 is 1.33 bits per heavy atom. The average Bonchev–Trinajstić information content (AvgIpc) is 2.90. The molecule has 1 aliphatic heterocycles. The van der Waals surface area contributed by atoms with Crippen LogP contribution in [0.25, 0.3) is 0 Å². The molecule has 1 fully saturated rings. The van der Waals surface area contributed by atoms with Gasteiger partial charge in [-0.05, 0) is 25.8 Å². The number of aryl methyl sites for hydroxylation is 1. The van der Waals surface area contributed by atoms with E-state index in [9.17, 15) is 13.2 Å². The summed E-state index contributed by atoms with van der Waals surface area (Å²) in [7, 11) is 0.522. The highest BCUT2D eigenvalue weighted by atomic mass is 32.2. The van der Waals surface area contributed by atoms with Gasteiger partial charge in [0.25, 0.3) is 5.91 Å². The Morgan fingerprint density at radius 3 is 2.62 bits per heavy atom. The Hall–Kier alpha value is -1.70. The minimum absolute atomic E-state index is 0.0303. The summed E-state index contributed by atoms with van der Waals surface area (Å²) in [5, 5.41) is 0. The molecule has 134 valence electrons. The van der Waals surface area contributed by atoms with Crippen molar-refractivity contribution in [2.75, 3.05) is 37.0 Å². The maximum absolute atomic E-state index is 12.7. The zero-order chi connectivity index (χ0) is 17.9. The lowest BCUT2D eigenvalue weighted by molar-refractivity contribution is 0.0741. The van der Waals surface area contributed by atoms with E-state index in [0.29, 0.717) is 18.1 Å². The summed E-state index contributed by atoms with van der Waals surface area (Å²) in [6.45, 7) is 4.77. The highest BCUT2D eigenvalue weighted by Gasteiger charge is 2.33. The first-order valence-electron chi connectivity index (χ1n) is 8.28. The van der Waals surface area contributed by atoms with E-state index in [2.05, 4.69) is 16.9 Å². The van der Waals surface area contributed by atoms with Crippen molar-refractivity contribution in [3.05, 3.63) is 17.5 Å². The van der Waals surface area contributed by atoms with Gasteiger partial charge in [0.1, 0.15) is 5.69 Å². The van der Waals surface area contributed by atoms with Gasteiger partial charge in [0.15, 0.2) is 9.84 Å². The number of carbonyl (C=O) groups is 1.